The predicted molar refractivity (Wildman–Crippen MR) is 86.5 cm³/mol. The molecular formula is C17H15N3O3. The van der Waals surface area contributed by atoms with Gasteiger partial charge in [-0.1, -0.05) is 6.07 Å². The molecule has 1 amide bonds. The molecule has 116 valence electrons. The molecule has 0 bridgehead atoms. The van der Waals surface area contributed by atoms with Crippen molar-refractivity contribution in [3.05, 3.63) is 70.4 Å². The molecule has 2 aromatic heterocycles. The third-order valence-electron chi connectivity index (χ3n) is 3.47. The van der Waals surface area contributed by atoms with Crippen molar-refractivity contribution in [1.82, 2.24) is 15.3 Å². The van der Waals surface area contributed by atoms with E-state index in [1.165, 1.54) is 0 Å². The second-order valence-electron chi connectivity index (χ2n) is 5.01. The molecule has 0 saturated heterocycles. The monoisotopic (exact) mass is 309 g/mol. The van der Waals surface area contributed by atoms with Gasteiger partial charge in [0.2, 0.25) is 0 Å². The molecule has 0 aliphatic rings. The third-order valence-corrected chi connectivity index (χ3v) is 3.47. The van der Waals surface area contributed by atoms with E-state index >= 15 is 0 Å². The van der Waals surface area contributed by atoms with Crippen LogP contribution in [-0.2, 0) is 6.54 Å². The van der Waals surface area contributed by atoms with E-state index in [0.29, 0.717) is 23.1 Å². The van der Waals surface area contributed by atoms with Gasteiger partial charge in [-0.25, -0.2) is 0 Å². The Kier molecular flexibility index (Phi) is 4.05. The molecule has 6 heteroatoms. The zero-order valence-electron chi connectivity index (χ0n) is 12.5. The zero-order valence-corrected chi connectivity index (χ0v) is 12.5. The number of aromatic nitrogens is 2. The third kappa shape index (κ3) is 3.21. The van der Waals surface area contributed by atoms with Gasteiger partial charge >= 0.3 is 0 Å². The summed E-state index contributed by atoms with van der Waals surface area (Å²) in [7, 11) is 1.55. The smallest absolute Gasteiger partial charge is 0.268 e. The number of nitrogens with zero attached hydrogens (tertiary/aromatic N) is 1. The van der Waals surface area contributed by atoms with Crippen LogP contribution in [-0.4, -0.2) is 23.0 Å². The van der Waals surface area contributed by atoms with Crippen molar-refractivity contribution >= 4 is 16.7 Å². The normalized spacial score (nSPS) is 10.5. The van der Waals surface area contributed by atoms with Crippen LogP contribution in [0.15, 0.2) is 53.6 Å². The topological polar surface area (TPSA) is 84.1 Å². The minimum Gasteiger partial charge on any atom is -0.497 e. The first-order valence-electron chi connectivity index (χ1n) is 7.05. The average Bonchev–Trinajstić information content (AvgIpc) is 2.60. The van der Waals surface area contributed by atoms with E-state index in [-0.39, 0.29) is 17.2 Å². The number of benzene rings is 1. The van der Waals surface area contributed by atoms with Crippen LogP contribution in [0.1, 0.15) is 16.1 Å². The SMILES string of the molecule is COc1ccc2c(=O)[nH]c(C(=O)NCc3cccnc3)cc2c1. The highest BCUT2D eigenvalue weighted by molar-refractivity contribution is 5.96. The Bertz CT molecular complexity index is 904. The van der Waals surface area contributed by atoms with E-state index in [1.54, 1.807) is 49.8 Å². The van der Waals surface area contributed by atoms with Gasteiger partial charge < -0.3 is 15.0 Å². The molecule has 3 rings (SSSR count). The molecule has 0 saturated carbocycles. The van der Waals surface area contributed by atoms with E-state index in [4.69, 9.17) is 4.74 Å². The number of amides is 1. The van der Waals surface area contributed by atoms with Gasteiger partial charge in [0.05, 0.1) is 7.11 Å². The number of ether oxygens (including phenoxy) is 1. The molecule has 3 aromatic rings. The standard InChI is InChI=1S/C17H15N3O3/c1-23-13-4-5-14-12(7-13)8-15(20-16(14)21)17(22)19-10-11-3-2-6-18-9-11/h2-9H,10H2,1H3,(H,19,22)(H,20,21). The molecule has 0 unspecified atom stereocenters. The van der Waals surface area contributed by atoms with Crippen LogP contribution in [0.2, 0.25) is 0 Å². The Hall–Kier alpha value is -3.15. The van der Waals surface area contributed by atoms with Crippen molar-refractivity contribution in [2.24, 2.45) is 0 Å². The predicted octanol–water partition coefficient (Wildman–Crippen LogP) is 1.86. The van der Waals surface area contributed by atoms with Gasteiger partial charge in [-0.3, -0.25) is 14.6 Å². The quantitative estimate of drug-likeness (QED) is 0.770. The second-order valence-corrected chi connectivity index (χ2v) is 5.01. The number of carbonyl (C=O) groups excluding carboxylic acids is 1. The summed E-state index contributed by atoms with van der Waals surface area (Å²) in [4.78, 5) is 30.9. The summed E-state index contributed by atoms with van der Waals surface area (Å²) in [6.45, 7) is 0.338. The highest BCUT2D eigenvalue weighted by atomic mass is 16.5. The molecule has 2 heterocycles. The molecule has 1 aromatic carbocycles. The minimum atomic E-state index is -0.351. The number of fused-ring (bicyclic) bond motifs is 1. The molecular weight excluding hydrogens is 294 g/mol. The highest BCUT2D eigenvalue weighted by Crippen LogP contribution is 2.18. The Morgan fingerprint density at radius 3 is 2.91 bits per heavy atom. The van der Waals surface area contributed by atoms with E-state index in [1.807, 2.05) is 6.07 Å². The molecule has 6 nitrogen and oxygen atoms in total. The largest absolute Gasteiger partial charge is 0.497 e. The summed E-state index contributed by atoms with van der Waals surface area (Å²) in [5.41, 5.74) is 0.780. The fourth-order valence-corrected chi connectivity index (χ4v) is 2.28. The summed E-state index contributed by atoms with van der Waals surface area (Å²) < 4.78 is 5.15. The first-order valence-corrected chi connectivity index (χ1v) is 7.05. The van der Waals surface area contributed by atoms with Crippen molar-refractivity contribution in [2.75, 3.05) is 7.11 Å². The summed E-state index contributed by atoms with van der Waals surface area (Å²) >= 11 is 0. The second kappa shape index (κ2) is 6.31. The van der Waals surface area contributed by atoms with Crippen molar-refractivity contribution in [1.29, 1.82) is 0 Å². The van der Waals surface area contributed by atoms with Gasteiger partial charge in [0.25, 0.3) is 11.5 Å². The van der Waals surface area contributed by atoms with Crippen molar-refractivity contribution in [2.45, 2.75) is 6.54 Å². The Morgan fingerprint density at radius 1 is 1.30 bits per heavy atom. The van der Waals surface area contributed by atoms with Gasteiger partial charge in [0, 0.05) is 24.3 Å². The molecule has 0 aliphatic carbocycles. The number of rotatable bonds is 4. The van der Waals surface area contributed by atoms with E-state index in [0.717, 1.165) is 5.56 Å². The van der Waals surface area contributed by atoms with Crippen molar-refractivity contribution in [3.63, 3.8) is 0 Å². The number of hydrogen-bond acceptors (Lipinski definition) is 4. The number of H-pyrrole nitrogens is 1. The van der Waals surface area contributed by atoms with E-state index in [9.17, 15) is 9.59 Å². The van der Waals surface area contributed by atoms with Crippen LogP contribution in [0.4, 0.5) is 0 Å². The van der Waals surface area contributed by atoms with Gasteiger partial charge in [0.15, 0.2) is 0 Å². The number of carbonyl (C=O) groups is 1. The fourth-order valence-electron chi connectivity index (χ4n) is 2.28. The Labute approximate surface area is 132 Å². The fraction of sp³-hybridized carbons (Fsp3) is 0.118. The lowest BCUT2D eigenvalue weighted by molar-refractivity contribution is 0.0946. The van der Waals surface area contributed by atoms with Gasteiger partial charge in [-0.05, 0) is 41.3 Å². The molecule has 0 aliphatic heterocycles. The number of nitrogens with one attached hydrogen (secondary N) is 2. The van der Waals surface area contributed by atoms with E-state index in [2.05, 4.69) is 15.3 Å². The van der Waals surface area contributed by atoms with Crippen LogP contribution in [0.3, 0.4) is 0 Å². The summed E-state index contributed by atoms with van der Waals surface area (Å²) in [6.07, 6.45) is 3.34. The first-order chi connectivity index (χ1) is 11.2. The maximum atomic E-state index is 12.2. The highest BCUT2D eigenvalue weighted by Gasteiger charge is 2.10. The molecule has 2 N–H and O–H groups in total. The Balaban J connectivity index is 1.87. The van der Waals surface area contributed by atoms with Gasteiger partial charge in [0.1, 0.15) is 11.4 Å². The van der Waals surface area contributed by atoms with Crippen LogP contribution < -0.4 is 15.6 Å². The van der Waals surface area contributed by atoms with Gasteiger partial charge in [-0.2, -0.15) is 0 Å². The molecule has 0 radical (unpaired) electrons. The first kappa shape index (κ1) is 14.8. The maximum Gasteiger partial charge on any atom is 0.268 e. The molecule has 0 fully saturated rings. The van der Waals surface area contributed by atoms with Crippen LogP contribution in [0, 0.1) is 0 Å². The van der Waals surface area contributed by atoms with Crippen LogP contribution in [0.25, 0.3) is 10.8 Å². The molecule has 23 heavy (non-hydrogen) atoms. The lowest BCUT2D eigenvalue weighted by Crippen LogP contribution is -2.26. The van der Waals surface area contributed by atoms with Crippen molar-refractivity contribution < 1.29 is 9.53 Å². The van der Waals surface area contributed by atoms with Crippen LogP contribution in [0.5, 0.6) is 5.75 Å². The van der Waals surface area contributed by atoms with Gasteiger partial charge in [-0.15, -0.1) is 0 Å². The number of pyridine rings is 2. The number of aromatic amines is 1. The Morgan fingerprint density at radius 2 is 2.17 bits per heavy atom. The van der Waals surface area contributed by atoms with Crippen molar-refractivity contribution in [3.8, 4) is 5.75 Å². The zero-order chi connectivity index (χ0) is 16.2. The summed E-state index contributed by atoms with van der Waals surface area (Å²) in [5, 5.41) is 3.92. The molecule has 0 spiro atoms. The minimum absolute atomic E-state index is 0.208. The summed E-state index contributed by atoms with van der Waals surface area (Å²) in [5.74, 6) is 0.278. The van der Waals surface area contributed by atoms with Crippen LogP contribution >= 0.6 is 0 Å². The number of methoxy groups -OCH3 is 1. The molecule has 0 atom stereocenters. The lowest BCUT2D eigenvalue weighted by atomic mass is 10.1. The average molecular weight is 309 g/mol. The maximum absolute atomic E-state index is 12.2. The van der Waals surface area contributed by atoms with E-state index < -0.39 is 0 Å². The lowest BCUT2D eigenvalue weighted by Gasteiger charge is -2.07. The summed E-state index contributed by atoms with van der Waals surface area (Å²) in [6, 6.07) is 10.4. The number of hydrogen-bond donors (Lipinski definition) is 2.